The summed E-state index contributed by atoms with van der Waals surface area (Å²) in [6.07, 6.45) is 4.85. The molecule has 1 aromatic heterocycles. The Morgan fingerprint density at radius 2 is 1.85 bits per heavy atom. The van der Waals surface area contributed by atoms with Crippen LogP contribution in [0.15, 0.2) is 66.7 Å². The summed E-state index contributed by atoms with van der Waals surface area (Å²) in [5.41, 5.74) is 4.10. The Morgan fingerprint density at radius 3 is 2.65 bits per heavy atom. The molecule has 0 atom stereocenters. The van der Waals surface area contributed by atoms with Gasteiger partial charge in [-0.25, -0.2) is 4.98 Å². The predicted molar refractivity (Wildman–Crippen MR) is 138 cm³/mol. The minimum atomic E-state index is 0.339. The van der Waals surface area contributed by atoms with Gasteiger partial charge in [-0.1, -0.05) is 42.0 Å². The van der Waals surface area contributed by atoms with Crippen molar-refractivity contribution in [1.29, 1.82) is 0 Å². The number of nitrogens with zero attached hydrogens (tertiary/aromatic N) is 2. The normalized spacial score (nSPS) is 11.3. The van der Waals surface area contributed by atoms with Crippen molar-refractivity contribution in [3.63, 3.8) is 0 Å². The largest absolute Gasteiger partial charge is 0.494 e. The molecule has 0 fully saturated rings. The van der Waals surface area contributed by atoms with Crippen LogP contribution in [0.3, 0.4) is 0 Å². The van der Waals surface area contributed by atoms with Crippen molar-refractivity contribution < 1.29 is 14.2 Å². The third-order valence-electron chi connectivity index (χ3n) is 5.56. The van der Waals surface area contributed by atoms with Gasteiger partial charge < -0.3 is 18.8 Å². The zero-order valence-corrected chi connectivity index (χ0v) is 20.5. The first-order chi connectivity index (χ1) is 16.6. The summed E-state index contributed by atoms with van der Waals surface area (Å²) >= 11 is 6.11. The van der Waals surface area contributed by atoms with Crippen LogP contribution in [0.1, 0.15) is 30.3 Å². The summed E-state index contributed by atoms with van der Waals surface area (Å²) < 4.78 is 19.8. The molecule has 3 aromatic carbocycles. The van der Waals surface area contributed by atoms with E-state index in [1.807, 2.05) is 80.6 Å². The maximum atomic E-state index is 6.14. The van der Waals surface area contributed by atoms with Gasteiger partial charge in [-0.2, -0.15) is 0 Å². The van der Waals surface area contributed by atoms with Crippen LogP contribution < -0.4 is 14.2 Å². The molecule has 0 aliphatic carbocycles. The Balaban J connectivity index is 1.46. The lowest BCUT2D eigenvalue weighted by molar-refractivity contribution is 0.267. The summed E-state index contributed by atoms with van der Waals surface area (Å²) in [6.45, 7) is 5.66. The van der Waals surface area contributed by atoms with Crippen molar-refractivity contribution in [3.05, 3.63) is 88.7 Å². The number of para-hydroxylation sites is 2. The molecular weight excluding hydrogens is 448 g/mol. The molecule has 0 aliphatic heterocycles. The van der Waals surface area contributed by atoms with Crippen LogP contribution in [0.5, 0.6) is 17.2 Å². The lowest BCUT2D eigenvalue weighted by Gasteiger charge is -2.13. The van der Waals surface area contributed by atoms with E-state index in [1.165, 1.54) is 0 Å². The van der Waals surface area contributed by atoms with Crippen LogP contribution in [0.2, 0.25) is 5.02 Å². The van der Waals surface area contributed by atoms with Crippen LogP contribution in [0.4, 0.5) is 0 Å². The second kappa shape index (κ2) is 11.1. The quantitative estimate of drug-likeness (QED) is 0.229. The fourth-order valence-corrected chi connectivity index (χ4v) is 3.96. The van der Waals surface area contributed by atoms with Crippen molar-refractivity contribution in [3.8, 4) is 17.2 Å². The van der Waals surface area contributed by atoms with Gasteiger partial charge in [0.05, 0.1) is 24.8 Å². The van der Waals surface area contributed by atoms with Gasteiger partial charge in [-0.3, -0.25) is 0 Å². The van der Waals surface area contributed by atoms with Gasteiger partial charge >= 0.3 is 0 Å². The molecule has 176 valence electrons. The third kappa shape index (κ3) is 5.54. The van der Waals surface area contributed by atoms with Crippen molar-refractivity contribution >= 4 is 28.7 Å². The highest BCUT2D eigenvalue weighted by Gasteiger charge is 2.13. The molecule has 0 spiro atoms. The maximum Gasteiger partial charge on any atom is 0.161 e. The zero-order chi connectivity index (χ0) is 23.9. The van der Waals surface area contributed by atoms with Gasteiger partial charge in [0, 0.05) is 11.6 Å². The van der Waals surface area contributed by atoms with Gasteiger partial charge in [0.25, 0.3) is 0 Å². The van der Waals surface area contributed by atoms with Gasteiger partial charge in [-0.15, -0.1) is 0 Å². The Hall–Kier alpha value is -3.44. The molecule has 0 N–H and O–H groups in total. The number of benzene rings is 3. The molecule has 1 heterocycles. The number of rotatable bonds is 10. The predicted octanol–water partition coefficient (Wildman–Crippen LogP) is 7.09. The molecule has 0 radical (unpaired) electrons. The SMILES string of the molecule is C/C=C\c1ccc(OCc2nc3ccccc3n2CCCOc2ccc(Cl)c(C)c2)c(OC)c1. The molecule has 0 saturated heterocycles. The molecule has 0 aliphatic rings. The summed E-state index contributed by atoms with van der Waals surface area (Å²) in [5.74, 6) is 3.08. The van der Waals surface area contributed by atoms with Crippen molar-refractivity contribution in [2.75, 3.05) is 13.7 Å². The van der Waals surface area contributed by atoms with Crippen LogP contribution in [0, 0.1) is 6.92 Å². The highest BCUT2D eigenvalue weighted by molar-refractivity contribution is 6.31. The number of aryl methyl sites for hydroxylation is 2. The summed E-state index contributed by atoms with van der Waals surface area (Å²) in [5, 5.41) is 0.745. The van der Waals surface area contributed by atoms with E-state index in [9.17, 15) is 0 Å². The van der Waals surface area contributed by atoms with Crippen molar-refractivity contribution in [2.45, 2.75) is 33.4 Å². The Bertz CT molecular complexity index is 1300. The number of methoxy groups -OCH3 is 1. The number of ether oxygens (including phenoxy) is 3. The maximum absolute atomic E-state index is 6.14. The van der Waals surface area contributed by atoms with Gasteiger partial charge in [0.15, 0.2) is 11.5 Å². The van der Waals surface area contributed by atoms with E-state index in [0.717, 1.165) is 51.7 Å². The van der Waals surface area contributed by atoms with E-state index in [0.29, 0.717) is 24.7 Å². The second-order valence-corrected chi connectivity index (χ2v) is 8.39. The standard InChI is InChI=1S/C28H29ClN2O3/c1-4-8-21-11-14-26(27(18-21)32-3)34-19-28-30-24-9-5-6-10-25(24)31(28)15-7-16-33-22-12-13-23(29)20(2)17-22/h4-6,8-14,17-18H,7,15-16,19H2,1-3H3/b8-4-. The third-order valence-corrected chi connectivity index (χ3v) is 5.99. The zero-order valence-electron chi connectivity index (χ0n) is 19.8. The van der Waals surface area contributed by atoms with Crippen LogP contribution in [-0.4, -0.2) is 23.3 Å². The van der Waals surface area contributed by atoms with E-state index in [1.54, 1.807) is 7.11 Å². The number of fused-ring (bicyclic) bond motifs is 1. The summed E-state index contributed by atoms with van der Waals surface area (Å²) in [6, 6.07) is 19.8. The topological polar surface area (TPSA) is 45.5 Å². The van der Waals surface area contributed by atoms with Crippen molar-refractivity contribution in [1.82, 2.24) is 9.55 Å². The molecule has 0 unspecified atom stereocenters. The summed E-state index contributed by atoms with van der Waals surface area (Å²) in [7, 11) is 1.65. The van der Waals surface area contributed by atoms with E-state index >= 15 is 0 Å². The molecule has 6 heteroatoms. The number of halogens is 1. The first-order valence-corrected chi connectivity index (χ1v) is 11.7. The average molecular weight is 477 g/mol. The average Bonchev–Trinajstić information content (AvgIpc) is 3.20. The monoisotopic (exact) mass is 476 g/mol. The first-order valence-electron chi connectivity index (χ1n) is 11.4. The minimum absolute atomic E-state index is 0.339. The highest BCUT2D eigenvalue weighted by Crippen LogP contribution is 2.30. The van der Waals surface area contributed by atoms with Crippen molar-refractivity contribution in [2.24, 2.45) is 0 Å². The Labute approximate surface area is 205 Å². The molecule has 5 nitrogen and oxygen atoms in total. The molecule has 34 heavy (non-hydrogen) atoms. The highest BCUT2D eigenvalue weighted by atomic mass is 35.5. The van der Waals surface area contributed by atoms with E-state index in [-0.39, 0.29) is 0 Å². The summed E-state index contributed by atoms with van der Waals surface area (Å²) in [4.78, 5) is 4.82. The molecule has 0 bridgehead atoms. The minimum Gasteiger partial charge on any atom is -0.494 e. The van der Waals surface area contributed by atoms with Crippen LogP contribution in [-0.2, 0) is 13.2 Å². The number of hydrogen-bond donors (Lipinski definition) is 0. The van der Waals surface area contributed by atoms with Gasteiger partial charge in [0.2, 0.25) is 0 Å². The first kappa shape index (κ1) is 23.7. The van der Waals surface area contributed by atoms with Gasteiger partial charge in [-0.05, 0) is 73.9 Å². The van der Waals surface area contributed by atoms with Crippen LogP contribution >= 0.6 is 11.6 Å². The molecular formula is C28H29ClN2O3. The molecule has 0 saturated carbocycles. The lowest BCUT2D eigenvalue weighted by Crippen LogP contribution is -2.10. The van der Waals surface area contributed by atoms with Crippen LogP contribution in [0.25, 0.3) is 17.1 Å². The smallest absolute Gasteiger partial charge is 0.161 e. The fraction of sp³-hybridized carbons (Fsp3) is 0.250. The Morgan fingerprint density at radius 1 is 1.00 bits per heavy atom. The number of hydrogen-bond acceptors (Lipinski definition) is 4. The van der Waals surface area contributed by atoms with E-state index in [2.05, 4.69) is 10.6 Å². The Kier molecular flexibility index (Phi) is 7.76. The lowest BCUT2D eigenvalue weighted by atomic mass is 10.2. The van der Waals surface area contributed by atoms with Gasteiger partial charge in [0.1, 0.15) is 18.2 Å². The molecule has 4 aromatic rings. The second-order valence-electron chi connectivity index (χ2n) is 7.98. The fourth-order valence-electron chi connectivity index (χ4n) is 3.85. The molecule has 0 amide bonds. The number of aromatic nitrogens is 2. The van der Waals surface area contributed by atoms with E-state index < -0.39 is 0 Å². The molecule has 4 rings (SSSR count). The van der Waals surface area contributed by atoms with E-state index in [4.69, 9.17) is 30.8 Å². The number of imidazole rings is 1. The number of allylic oxidation sites excluding steroid dienone is 1.